The number of carbonyl (C=O) groups excluding carboxylic acids is 2. The van der Waals surface area contributed by atoms with Crippen LogP contribution in [-0.2, 0) is 9.63 Å². The van der Waals surface area contributed by atoms with Crippen molar-refractivity contribution in [3.63, 3.8) is 0 Å². The fraction of sp³-hybridized carbons (Fsp3) is 0.800. The predicted octanol–water partition coefficient (Wildman–Crippen LogP) is 1.00. The summed E-state index contributed by atoms with van der Waals surface area (Å²) in [5, 5.41) is 1.08. The normalized spacial score (nSPS) is 20.2. The highest BCUT2D eigenvalue weighted by atomic mass is 16.7. The first kappa shape index (κ1) is 10.3. The van der Waals surface area contributed by atoms with E-state index in [0.29, 0.717) is 0 Å². The number of nitrogens with zero attached hydrogens (tertiary/aromatic N) is 2. The first-order chi connectivity index (χ1) is 7.18. The van der Waals surface area contributed by atoms with Crippen LogP contribution in [0.25, 0.3) is 0 Å². The Hall–Kier alpha value is -1.26. The molecule has 84 valence electrons. The van der Waals surface area contributed by atoms with Gasteiger partial charge in [0.25, 0.3) is 5.91 Å². The first-order valence-electron chi connectivity index (χ1n) is 5.43. The smallest absolute Gasteiger partial charge is 0.319 e. The van der Waals surface area contributed by atoms with Crippen LogP contribution in [0.5, 0.6) is 0 Å². The second-order valence-corrected chi connectivity index (χ2v) is 4.16. The average molecular weight is 212 g/mol. The molecule has 1 saturated heterocycles. The highest BCUT2D eigenvalue weighted by Crippen LogP contribution is 2.30. The van der Waals surface area contributed by atoms with Crippen molar-refractivity contribution in [2.24, 2.45) is 5.92 Å². The Morgan fingerprint density at radius 1 is 1.27 bits per heavy atom. The molecule has 5 heteroatoms. The van der Waals surface area contributed by atoms with E-state index in [-0.39, 0.29) is 11.8 Å². The molecule has 15 heavy (non-hydrogen) atoms. The molecule has 0 aromatic rings. The van der Waals surface area contributed by atoms with Gasteiger partial charge in [-0.15, -0.1) is 0 Å². The summed E-state index contributed by atoms with van der Waals surface area (Å²) in [6.45, 7) is 1.48. The lowest BCUT2D eigenvalue weighted by Gasteiger charge is -2.20. The standard InChI is InChI=1S/C10H16N2O3/c1-11(9(13)8-4-5-8)15-10(14)12-6-2-3-7-12/h8H,2-7H2,1H3. The van der Waals surface area contributed by atoms with E-state index in [1.165, 1.54) is 7.05 Å². The highest BCUT2D eigenvalue weighted by Gasteiger charge is 2.34. The number of carbonyl (C=O) groups is 2. The zero-order valence-corrected chi connectivity index (χ0v) is 8.94. The van der Waals surface area contributed by atoms with Gasteiger partial charge in [-0.25, -0.2) is 4.79 Å². The largest absolute Gasteiger partial charge is 0.434 e. The van der Waals surface area contributed by atoms with E-state index < -0.39 is 6.09 Å². The van der Waals surface area contributed by atoms with Crippen LogP contribution in [0.4, 0.5) is 4.79 Å². The van der Waals surface area contributed by atoms with Gasteiger partial charge in [-0.05, 0) is 25.7 Å². The first-order valence-corrected chi connectivity index (χ1v) is 5.43. The van der Waals surface area contributed by atoms with Gasteiger partial charge in [-0.3, -0.25) is 4.79 Å². The van der Waals surface area contributed by atoms with Crippen molar-refractivity contribution in [2.45, 2.75) is 25.7 Å². The number of amides is 2. The number of hydroxylamine groups is 2. The van der Waals surface area contributed by atoms with Gasteiger partial charge in [0.05, 0.1) is 0 Å². The number of rotatable bonds is 1. The van der Waals surface area contributed by atoms with Gasteiger partial charge in [0.1, 0.15) is 0 Å². The Labute approximate surface area is 88.9 Å². The maximum atomic E-state index is 11.5. The maximum Gasteiger partial charge on any atom is 0.434 e. The molecule has 0 N–H and O–H groups in total. The zero-order valence-electron chi connectivity index (χ0n) is 8.94. The Morgan fingerprint density at radius 2 is 1.87 bits per heavy atom. The molecule has 0 bridgehead atoms. The van der Waals surface area contributed by atoms with Gasteiger partial charge in [0.2, 0.25) is 0 Å². The average Bonchev–Trinajstić information content (AvgIpc) is 2.91. The van der Waals surface area contributed by atoms with E-state index in [0.717, 1.165) is 43.8 Å². The summed E-state index contributed by atoms with van der Waals surface area (Å²) in [4.78, 5) is 29.6. The van der Waals surface area contributed by atoms with Crippen LogP contribution in [0.1, 0.15) is 25.7 Å². The maximum absolute atomic E-state index is 11.5. The molecule has 5 nitrogen and oxygen atoms in total. The summed E-state index contributed by atoms with van der Waals surface area (Å²) in [5.41, 5.74) is 0. The highest BCUT2D eigenvalue weighted by molar-refractivity contribution is 5.81. The van der Waals surface area contributed by atoms with E-state index in [9.17, 15) is 9.59 Å². The van der Waals surface area contributed by atoms with Gasteiger partial charge in [-0.2, -0.15) is 5.06 Å². The Balaban J connectivity index is 1.79. The van der Waals surface area contributed by atoms with Crippen molar-refractivity contribution in [1.82, 2.24) is 9.96 Å². The molecule has 0 atom stereocenters. The van der Waals surface area contributed by atoms with Crippen LogP contribution in [0, 0.1) is 5.92 Å². The van der Waals surface area contributed by atoms with Gasteiger partial charge >= 0.3 is 6.09 Å². The lowest BCUT2D eigenvalue weighted by Crippen LogP contribution is -2.37. The second-order valence-electron chi connectivity index (χ2n) is 4.16. The molecule has 0 unspecified atom stereocenters. The topological polar surface area (TPSA) is 49.9 Å². The summed E-state index contributed by atoms with van der Waals surface area (Å²) >= 11 is 0. The molecule has 1 heterocycles. The van der Waals surface area contributed by atoms with Crippen molar-refractivity contribution in [3.05, 3.63) is 0 Å². The lowest BCUT2D eigenvalue weighted by atomic mass is 10.4. The van der Waals surface area contributed by atoms with E-state index in [4.69, 9.17) is 4.84 Å². The van der Waals surface area contributed by atoms with Crippen molar-refractivity contribution in [1.29, 1.82) is 0 Å². The van der Waals surface area contributed by atoms with Gasteiger partial charge in [0, 0.05) is 26.1 Å². The molecule has 2 rings (SSSR count). The monoisotopic (exact) mass is 212 g/mol. The molecular weight excluding hydrogens is 196 g/mol. The Kier molecular flexibility index (Phi) is 2.79. The summed E-state index contributed by atoms with van der Waals surface area (Å²) in [7, 11) is 1.51. The number of hydrogen-bond donors (Lipinski definition) is 0. The molecule has 2 aliphatic rings. The van der Waals surface area contributed by atoms with Crippen LogP contribution in [0.15, 0.2) is 0 Å². The van der Waals surface area contributed by atoms with Crippen molar-refractivity contribution < 1.29 is 14.4 Å². The van der Waals surface area contributed by atoms with Crippen molar-refractivity contribution in [2.75, 3.05) is 20.1 Å². The van der Waals surface area contributed by atoms with Gasteiger partial charge in [0.15, 0.2) is 0 Å². The SMILES string of the molecule is CN(OC(=O)N1CCCC1)C(=O)C1CC1. The summed E-state index contributed by atoms with van der Waals surface area (Å²) in [6, 6.07) is 0. The molecule has 0 aromatic heterocycles. The van der Waals surface area contributed by atoms with Crippen LogP contribution in [0.2, 0.25) is 0 Å². The fourth-order valence-electron chi connectivity index (χ4n) is 1.71. The minimum Gasteiger partial charge on any atom is -0.319 e. The predicted molar refractivity (Wildman–Crippen MR) is 52.8 cm³/mol. The lowest BCUT2D eigenvalue weighted by molar-refractivity contribution is -0.163. The van der Waals surface area contributed by atoms with Crippen LogP contribution in [-0.4, -0.2) is 42.1 Å². The molecule has 1 aliphatic carbocycles. The molecule has 0 spiro atoms. The van der Waals surface area contributed by atoms with E-state index in [1.54, 1.807) is 4.90 Å². The third-order valence-electron chi connectivity index (χ3n) is 2.82. The zero-order chi connectivity index (χ0) is 10.8. The van der Waals surface area contributed by atoms with E-state index in [1.807, 2.05) is 0 Å². The molecule has 0 aromatic carbocycles. The van der Waals surface area contributed by atoms with E-state index >= 15 is 0 Å². The number of likely N-dealkylation sites (tertiary alicyclic amines) is 1. The van der Waals surface area contributed by atoms with Crippen molar-refractivity contribution >= 4 is 12.0 Å². The molecule has 2 fully saturated rings. The van der Waals surface area contributed by atoms with Crippen LogP contribution >= 0.6 is 0 Å². The molecule has 0 radical (unpaired) electrons. The fourth-order valence-corrected chi connectivity index (χ4v) is 1.71. The quantitative estimate of drug-likeness (QED) is 0.609. The van der Waals surface area contributed by atoms with E-state index in [2.05, 4.69) is 0 Å². The second kappa shape index (κ2) is 4.08. The summed E-state index contributed by atoms with van der Waals surface area (Å²) in [5.74, 6) is 0.00363. The molecule has 1 aliphatic heterocycles. The minimum absolute atomic E-state index is 0.0810. The van der Waals surface area contributed by atoms with Crippen molar-refractivity contribution in [3.8, 4) is 0 Å². The van der Waals surface area contributed by atoms with Crippen LogP contribution in [0.3, 0.4) is 0 Å². The Bertz CT molecular complexity index is 270. The Morgan fingerprint density at radius 3 is 2.40 bits per heavy atom. The number of hydrogen-bond acceptors (Lipinski definition) is 3. The third-order valence-corrected chi connectivity index (χ3v) is 2.82. The summed E-state index contributed by atoms with van der Waals surface area (Å²) < 4.78 is 0. The van der Waals surface area contributed by atoms with Gasteiger partial charge < -0.3 is 9.74 Å². The summed E-state index contributed by atoms with van der Waals surface area (Å²) in [6.07, 6.45) is 3.49. The molecule has 2 amide bonds. The van der Waals surface area contributed by atoms with Crippen LogP contribution < -0.4 is 0 Å². The third kappa shape index (κ3) is 2.40. The molecular formula is C10H16N2O3. The van der Waals surface area contributed by atoms with Gasteiger partial charge in [-0.1, -0.05) is 0 Å². The minimum atomic E-state index is -0.399. The molecule has 1 saturated carbocycles.